The summed E-state index contributed by atoms with van der Waals surface area (Å²) < 4.78 is 27.1. The van der Waals surface area contributed by atoms with Crippen LogP contribution in [-0.2, 0) is 14.8 Å². The van der Waals surface area contributed by atoms with Crippen LogP contribution in [0, 0.1) is 5.92 Å². The van der Waals surface area contributed by atoms with Gasteiger partial charge in [0.05, 0.1) is 5.92 Å². The maximum absolute atomic E-state index is 12.6. The van der Waals surface area contributed by atoms with E-state index in [-0.39, 0.29) is 18.4 Å². The molecule has 1 aliphatic carbocycles. The predicted octanol–water partition coefficient (Wildman–Crippen LogP) is 2.77. The van der Waals surface area contributed by atoms with Crippen LogP contribution in [-0.4, -0.2) is 38.3 Å². The average Bonchev–Trinajstić information content (AvgIpc) is 3.16. The van der Waals surface area contributed by atoms with Gasteiger partial charge in [-0.1, -0.05) is 17.7 Å². The van der Waals surface area contributed by atoms with Gasteiger partial charge in [0, 0.05) is 19.6 Å². The Morgan fingerprint density at radius 1 is 1.33 bits per heavy atom. The lowest BCUT2D eigenvalue weighted by molar-refractivity contribution is -0.125. The highest BCUT2D eigenvalue weighted by molar-refractivity contribution is 7.91. The largest absolute Gasteiger partial charge is 0.352 e. The maximum atomic E-state index is 12.6. The van der Waals surface area contributed by atoms with Gasteiger partial charge in [-0.25, -0.2) is 8.42 Å². The predicted molar refractivity (Wildman–Crippen MR) is 95.4 cm³/mol. The van der Waals surface area contributed by atoms with E-state index in [1.54, 1.807) is 17.5 Å². The van der Waals surface area contributed by atoms with E-state index in [4.69, 9.17) is 0 Å². The lowest BCUT2D eigenvalue weighted by Crippen LogP contribution is -2.45. The molecule has 2 heterocycles. The third-order valence-corrected chi connectivity index (χ3v) is 7.96. The number of thiophene rings is 1. The lowest BCUT2D eigenvalue weighted by Gasteiger charge is -2.31. The van der Waals surface area contributed by atoms with Crippen molar-refractivity contribution in [3.8, 4) is 0 Å². The van der Waals surface area contributed by atoms with Crippen LogP contribution in [0.1, 0.15) is 38.5 Å². The number of carbonyl (C=O) groups excluding carboxylic acids is 1. The van der Waals surface area contributed by atoms with Crippen molar-refractivity contribution < 1.29 is 13.2 Å². The van der Waals surface area contributed by atoms with Gasteiger partial charge in [-0.05, 0) is 50.0 Å². The molecule has 7 heteroatoms. The SMILES string of the molecule is O=C(NCC1=CCCCC1)C1CCCN(S(=O)(=O)c2cccs2)C1. The van der Waals surface area contributed by atoms with Crippen molar-refractivity contribution in [3.63, 3.8) is 0 Å². The van der Waals surface area contributed by atoms with Gasteiger partial charge in [0.2, 0.25) is 5.91 Å². The smallest absolute Gasteiger partial charge is 0.252 e. The summed E-state index contributed by atoms with van der Waals surface area (Å²) in [7, 11) is -3.46. The number of carbonyl (C=O) groups is 1. The summed E-state index contributed by atoms with van der Waals surface area (Å²) in [5.74, 6) is -0.273. The van der Waals surface area contributed by atoms with Gasteiger partial charge >= 0.3 is 0 Å². The summed E-state index contributed by atoms with van der Waals surface area (Å²) in [6.07, 6.45) is 8.28. The number of allylic oxidation sites excluding steroid dienone is 1. The molecule has 1 fully saturated rings. The van der Waals surface area contributed by atoms with Crippen LogP contribution < -0.4 is 5.32 Å². The van der Waals surface area contributed by atoms with E-state index in [1.165, 1.54) is 34.1 Å². The van der Waals surface area contributed by atoms with E-state index in [1.807, 2.05) is 0 Å². The van der Waals surface area contributed by atoms with Crippen molar-refractivity contribution in [3.05, 3.63) is 29.2 Å². The zero-order valence-electron chi connectivity index (χ0n) is 13.7. The standard InChI is InChI=1S/C17H24N2O3S2/c20-17(18-12-14-6-2-1-3-7-14)15-8-4-10-19(13-15)24(21,22)16-9-5-11-23-16/h5-6,9,11,15H,1-4,7-8,10,12-13H2,(H,18,20). The van der Waals surface area contributed by atoms with E-state index < -0.39 is 10.0 Å². The molecule has 3 rings (SSSR count). The Labute approximate surface area is 147 Å². The first-order chi connectivity index (χ1) is 11.6. The number of rotatable bonds is 5. The van der Waals surface area contributed by atoms with E-state index in [0.717, 1.165) is 25.7 Å². The first-order valence-corrected chi connectivity index (χ1v) is 10.9. The lowest BCUT2D eigenvalue weighted by atomic mass is 9.97. The highest BCUT2D eigenvalue weighted by atomic mass is 32.2. The van der Waals surface area contributed by atoms with Crippen LogP contribution in [0.15, 0.2) is 33.4 Å². The second kappa shape index (κ2) is 7.80. The molecule has 1 aliphatic heterocycles. The molecule has 5 nitrogen and oxygen atoms in total. The molecular formula is C17H24N2O3S2. The minimum atomic E-state index is -3.46. The summed E-state index contributed by atoms with van der Waals surface area (Å²) >= 11 is 1.22. The molecule has 132 valence electrons. The Kier molecular flexibility index (Phi) is 5.73. The molecule has 0 aromatic carbocycles. The van der Waals surface area contributed by atoms with E-state index in [0.29, 0.717) is 17.3 Å². The topological polar surface area (TPSA) is 66.5 Å². The molecule has 1 N–H and O–H groups in total. The van der Waals surface area contributed by atoms with Crippen LogP contribution in [0.4, 0.5) is 0 Å². The van der Waals surface area contributed by atoms with E-state index in [9.17, 15) is 13.2 Å². The number of hydrogen-bond donors (Lipinski definition) is 1. The van der Waals surface area contributed by atoms with Crippen LogP contribution in [0.25, 0.3) is 0 Å². The summed E-state index contributed by atoms with van der Waals surface area (Å²) in [6.45, 7) is 1.38. The first kappa shape index (κ1) is 17.6. The molecule has 1 unspecified atom stereocenters. The van der Waals surface area contributed by atoms with Gasteiger partial charge in [0.1, 0.15) is 4.21 Å². The second-order valence-corrected chi connectivity index (χ2v) is 9.57. The van der Waals surface area contributed by atoms with Crippen molar-refractivity contribution in [2.75, 3.05) is 19.6 Å². The van der Waals surface area contributed by atoms with Gasteiger partial charge in [-0.15, -0.1) is 11.3 Å². The average molecular weight is 369 g/mol. The minimum absolute atomic E-state index is 0.0208. The summed E-state index contributed by atoms with van der Waals surface area (Å²) in [5, 5.41) is 4.77. The van der Waals surface area contributed by atoms with Crippen LogP contribution in [0.2, 0.25) is 0 Å². The van der Waals surface area contributed by atoms with Crippen molar-refractivity contribution >= 4 is 27.3 Å². The maximum Gasteiger partial charge on any atom is 0.252 e. The second-order valence-electron chi connectivity index (χ2n) is 6.46. The molecule has 1 aromatic rings. The van der Waals surface area contributed by atoms with Crippen molar-refractivity contribution in [2.24, 2.45) is 5.92 Å². The fraction of sp³-hybridized carbons (Fsp3) is 0.588. The molecule has 2 aliphatic rings. The molecule has 1 aromatic heterocycles. The number of piperidine rings is 1. The Morgan fingerprint density at radius 2 is 2.21 bits per heavy atom. The Morgan fingerprint density at radius 3 is 2.92 bits per heavy atom. The van der Waals surface area contributed by atoms with Gasteiger partial charge in [0.25, 0.3) is 10.0 Å². The minimum Gasteiger partial charge on any atom is -0.352 e. The van der Waals surface area contributed by atoms with E-state index in [2.05, 4.69) is 11.4 Å². The highest BCUT2D eigenvalue weighted by Gasteiger charge is 2.33. The quantitative estimate of drug-likeness (QED) is 0.813. The molecule has 1 amide bonds. The third-order valence-electron chi connectivity index (χ3n) is 4.72. The fourth-order valence-electron chi connectivity index (χ4n) is 3.32. The van der Waals surface area contributed by atoms with Gasteiger partial charge in [-0.3, -0.25) is 4.79 Å². The van der Waals surface area contributed by atoms with Gasteiger partial charge in [0.15, 0.2) is 0 Å². The highest BCUT2D eigenvalue weighted by Crippen LogP contribution is 2.26. The Balaban J connectivity index is 1.59. The normalized spacial score (nSPS) is 22.8. The molecule has 0 saturated carbocycles. The first-order valence-electron chi connectivity index (χ1n) is 8.56. The summed E-state index contributed by atoms with van der Waals surface area (Å²) in [6, 6.07) is 3.36. The molecule has 1 atom stereocenters. The summed E-state index contributed by atoms with van der Waals surface area (Å²) in [4.78, 5) is 12.4. The Hall–Kier alpha value is -1.18. The van der Waals surface area contributed by atoms with Crippen molar-refractivity contribution in [2.45, 2.75) is 42.7 Å². The van der Waals surface area contributed by atoms with Crippen molar-refractivity contribution in [1.29, 1.82) is 0 Å². The molecule has 1 saturated heterocycles. The molecule has 0 bridgehead atoms. The number of amides is 1. The Bertz CT molecular complexity index is 695. The molecule has 0 radical (unpaired) electrons. The van der Waals surface area contributed by atoms with Crippen LogP contribution in [0.5, 0.6) is 0 Å². The molecular weight excluding hydrogens is 344 g/mol. The zero-order chi connectivity index (χ0) is 17.0. The molecule has 24 heavy (non-hydrogen) atoms. The van der Waals surface area contributed by atoms with Crippen LogP contribution >= 0.6 is 11.3 Å². The number of hydrogen-bond acceptors (Lipinski definition) is 4. The van der Waals surface area contributed by atoms with Crippen molar-refractivity contribution in [1.82, 2.24) is 9.62 Å². The number of sulfonamides is 1. The third kappa shape index (κ3) is 4.07. The van der Waals surface area contributed by atoms with E-state index >= 15 is 0 Å². The zero-order valence-corrected chi connectivity index (χ0v) is 15.4. The van der Waals surface area contributed by atoms with Gasteiger partial charge < -0.3 is 5.32 Å². The molecule has 0 spiro atoms. The monoisotopic (exact) mass is 368 g/mol. The number of nitrogens with one attached hydrogen (secondary N) is 1. The fourth-order valence-corrected chi connectivity index (χ4v) is 5.99. The summed E-state index contributed by atoms with van der Waals surface area (Å²) in [5.41, 5.74) is 1.30. The van der Waals surface area contributed by atoms with Crippen LogP contribution in [0.3, 0.4) is 0 Å². The number of nitrogens with zero attached hydrogens (tertiary/aromatic N) is 1. The van der Waals surface area contributed by atoms with Gasteiger partial charge in [-0.2, -0.15) is 4.31 Å².